The average Bonchev–Trinajstić information content (AvgIpc) is 1.62. The molecule has 6 aliphatic rings. The number of anilines is 1. The number of nitrogens with one attached hydrogen (secondary N) is 4. The lowest BCUT2D eigenvalue weighted by atomic mass is 9.90. The molecule has 118 heavy (non-hydrogen) atoms. The molecule has 632 valence electrons. The molecule has 1 aliphatic carbocycles. The van der Waals surface area contributed by atoms with Gasteiger partial charge in [0, 0.05) is 92.8 Å². The highest BCUT2D eigenvalue weighted by molar-refractivity contribution is 6.07. The van der Waals surface area contributed by atoms with E-state index < -0.39 is 23.9 Å². The van der Waals surface area contributed by atoms with E-state index in [1.165, 1.54) is 14.2 Å². The standard InChI is InChI=1S/C88H108N8O22/c1-58(2)83(94-82(99)24-28-107-30-32-109-34-36-111-38-40-113-42-43-114-41-39-112-37-35-110-33-31-108-29-25-89-81(98)17-12-11-16-63-46-69(97)48-70(84(63)100)61-14-9-7-6-8-10-15-61)86(102)92-59(3)85(101)93-66-21-18-60(19-22-66)64-44-67-53-90-73-51-79(76(105-4)49-71(73)87(103)95(67)55-64)115-26-13-27-116-80-52-74-72(50-77(80)106-5)88(104)96-56-65(45-68(96)54-91-74)62-20-23-75-78(47-62)118-57-117-75/h6-10,14,18-23,46-56,58-59,61,67-68,83,97,100H,11-13,15-17,24-45,57H2,1-5H3,(H,89,98)(H,92,102)(H,93,101)(H,94,99)/b7-6-,10-8-,14-9?. The van der Waals surface area contributed by atoms with Crippen LogP contribution in [-0.2, 0) is 63.5 Å². The lowest BCUT2D eigenvalue weighted by Gasteiger charge is -2.24. The number of hydrogen-bond acceptors (Lipinski definition) is 24. The monoisotopic (exact) mass is 1630 g/mol. The maximum absolute atomic E-state index is 14.2. The maximum atomic E-state index is 14.2. The van der Waals surface area contributed by atoms with Crippen molar-refractivity contribution in [3.05, 3.63) is 161 Å². The number of amides is 6. The van der Waals surface area contributed by atoms with E-state index in [9.17, 15) is 39.0 Å². The molecule has 0 spiro atoms. The van der Waals surface area contributed by atoms with E-state index in [1.54, 1.807) is 91.5 Å². The molecule has 5 aromatic rings. The van der Waals surface area contributed by atoms with E-state index >= 15 is 0 Å². The summed E-state index contributed by atoms with van der Waals surface area (Å²) in [4.78, 5) is 93.1. The molecule has 6 N–H and O–H groups in total. The van der Waals surface area contributed by atoms with Crippen LogP contribution >= 0.6 is 0 Å². The largest absolute Gasteiger partial charge is 0.508 e. The summed E-state index contributed by atoms with van der Waals surface area (Å²) in [6.45, 7) is 12.0. The molecule has 6 amide bonds. The van der Waals surface area contributed by atoms with Crippen LogP contribution in [0.15, 0.2) is 138 Å². The second-order valence-electron chi connectivity index (χ2n) is 28.9. The molecule has 0 bridgehead atoms. The zero-order valence-electron chi connectivity index (χ0n) is 67.6. The molecule has 5 unspecified atom stereocenters. The predicted molar refractivity (Wildman–Crippen MR) is 441 cm³/mol. The van der Waals surface area contributed by atoms with Crippen molar-refractivity contribution in [1.82, 2.24) is 25.8 Å². The van der Waals surface area contributed by atoms with Crippen LogP contribution in [0.2, 0.25) is 0 Å². The molecule has 11 rings (SSSR count). The van der Waals surface area contributed by atoms with Gasteiger partial charge < -0.3 is 108 Å². The number of rotatable bonds is 49. The first-order valence-electron chi connectivity index (χ1n) is 40.2. The van der Waals surface area contributed by atoms with E-state index in [4.69, 9.17) is 76.3 Å². The number of carbonyl (C=O) groups is 6. The number of fused-ring (bicyclic) bond motifs is 5. The van der Waals surface area contributed by atoms with Gasteiger partial charge in [-0.15, -0.1) is 0 Å². The Morgan fingerprint density at radius 2 is 1.07 bits per heavy atom. The zero-order valence-corrected chi connectivity index (χ0v) is 67.6. The number of phenols is 2. The minimum atomic E-state index is -0.945. The summed E-state index contributed by atoms with van der Waals surface area (Å²) in [6.07, 6.45) is 23.5. The number of hydrogen-bond donors (Lipinski definition) is 6. The number of unbranched alkanes of at least 4 members (excludes halogenated alkanes) is 1. The quantitative estimate of drug-likeness (QED) is 0.0156. The average molecular weight is 1630 g/mol. The summed E-state index contributed by atoms with van der Waals surface area (Å²) in [5.74, 6) is 1.04. The van der Waals surface area contributed by atoms with Crippen LogP contribution in [0.5, 0.6) is 46.0 Å². The topological polar surface area (TPSA) is 351 Å². The van der Waals surface area contributed by atoms with Gasteiger partial charge in [-0.25, -0.2) is 0 Å². The molecular formula is C88H108N8O22. The molecular weight excluding hydrogens is 1520 g/mol. The molecule has 5 aromatic carbocycles. The van der Waals surface area contributed by atoms with Crippen molar-refractivity contribution in [2.45, 2.75) is 109 Å². The molecule has 5 aliphatic heterocycles. The highest BCUT2D eigenvalue weighted by Crippen LogP contribution is 2.44. The van der Waals surface area contributed by atoms with E-state index in [2.05, 4.69) is 21.3 Å². The fourth-order valence-electron chi connectivity index (χ4n) is 13.7. The zero-order chi connectivity index (χ0) is 83.0. The van der Waals surface area contributed by atoms with Crippen molar-refractivity contribution in [2.75, 3.05) is 152 Å². The van der Waals surface area contributed by atoms with Gasteiger partial charge in [0.2, 0.25) is 30.4 Å². The molecule has 0 fully saturated rings. The lowest BCUT2D eigenvalue weighted by Crippen LogP contribution is -2.53. The Morgan fingerprint density at radius 1 is 0.534 bits per heavy atom. The number of allylic oxidation sites excluding steroid dienone is 6. The summed E-state index contributed by atoms with van der Waals surface area (Å²) in [7, 11) is 3.02. The molecule has 0 saturated carbocycles. The minimum absolute atomic E-state index is 0.0119. The highest BCUT2D eigenvalue weighted by Gasteiger charge is 2.37. The van der Waals surface area contributed by atoms with Gasteiger partial charge in [0.05, 0.1) is 168 Å². The second kappa shape index (κ2) is 45.7. The molecule has 5 heterocycles. The van der Waals surface area contributed by atoms with Gasteiger partial charge in [-0.05, 0) is 115 Å². The SMILES string of the molecule is COc1cc2c(cc1OCCCOc1cc3c(cc1OC)C(=O)N1C=C(c4ccc5c(c4)OCO5)CC1C=N3)N=CC1CC(c3ccc(NC(=O)C(C)NC(=O)C(NC(=O)CCOCCOCCOCCOCCOCCOCCOCCOCCNC(=O)CCCCc4cc(O)cc(C5C=C/C=C\C=C/C5)c4O)C(C)C)cc3)=CN1C2=O. The first kappa shape index (κ1) is 87.9. The Labute approximate surface area is 687 Å². The van der Waals surface area contributed by atoms with Crippen molar-refractivity contribution in [2.24, 2.45) is 15.9 Å². The van der Waals surface area contributed by atoms with Gasteiger partial charge in [-0.1, -0.05) is 68.5 Å². The van der Waals surface area contributed by atoms with Crippen LogP contribution in [0.4, 0.5) is 17.1 Å². The third-order valence-electron chi connectivity index (χ3n) is 20.1. The first-order chi connectivity index (χ1) is 57.5. The van der Waals surface area contributed by atoms with Crippen molar-refractivity contribution in [1.29, 1.82) is 0 Å². The molecule has 5 atom stereocenters. The number of phenolic OH excluding ortho intramolecular Hbond substituents is 2. The third kappa shape index (κ3) is 25.5. The first-order valence-corrected chi connectivity index (χ1v) is 40.2. The van der Waals surface area contributed by atoms with Gasteiger partial charge in [0.15, 0.2) is 34.5 Å². The van der Waals surface area contributed by atoms with Crippen LogP contribution in [0.25, 0.3) is 11.1 Å². The summed E-state index contributed by atoms with van der Waals surface area (Å²) in [6, 6.07) is 20.4. The number of nitrogens with zero attached hydrogens (tertiary/aromatic N) is 4. The fraction of sp³-hybridized carbons (Fsp3) is 0.455. The van der Waals surface area contributed by atoms with Gasteiger partial charge in [0.25, 0.3) is 11.8 Å². The maximum Gasteiger partial charge on any atom is 0.260 e. The normalized spacial score (nSPS) is 17.2. The van der Waals surface area contributed by atoms with Crippen LogP contribution in [0.3, 0.4) is 0 Å². The van der Waals surface area contributed by atoms with Gasteiger partial charge >= 0.3 is 0 Å². The number of methoxy groups -OCH3 is 2. The third-order valence-corrected chi connectivity index (χ3v) is 20.1. The summed E-state index contributed by atoms with van der Waals surface area (Å²) < 4.78 is 79.4. The number of aromatic hydroxyl groups is 2. The molecule has 0 saturated heterocycles. The molecule has 0 radical (unpaired) electrons. The molecule has 30 heteroatoms. The fourth-order valence-corrected chi connectivity index (χ4v) is 13.7. The van der Waals surface area contributed by atoms with Gasteiger partial charge in [-0.2, -0.15) is 0 Å². The van der Waals surface area contributed by atoms with Crippen LogP contribution < -0.4 is 49.7 Å². The van der Waals surface area contributed by atoms with E-state index in [0.717, 1.165) is 28.7 Å². The van der Waals surface area contributed by atoms with Crippen molar-refractivity contribution < 1.29 is 105 Å². The second-order valence-corrected chi connectivity index (χ2v) is 28.9. The molecule has 30 nitrogen and oxygen atoms in total. The molecule has 0 aromatic heterocycles. The predicted octanol–water partition coefficient (Wildman–Crippen LogP) is 10.4. The van der Waals surface area contributed by atoms with Crippen LogP contribution in [0.1, 0.15) is 121 Å². The lowest BCUT2D eigenvalue weighted by molar-refractivity contribution is -0.132. The van der Waals surface area contributed by atoms with Crippen molar-refractivity contribution >= 4 is 76.1 Å². The minimum Gasteiger partial charge on any atom is -0.508 e. The van der Waals surface area contributed by atoms with Crippen molar-refractivity contribution in [3.8, 4) is 46.0 Å². The number of ether oxygens (including phenoxy) is 14. The highest BCUT2D eigenvalue weighted by atomic mass is 16.7. The Bertz CT molecular complexity index is 4460. The number of aliphatic imine (C=N–C) groups is 2. The Balaban J connectivity index is 0.475. The van der Waals surface area contributed by atoms with Crippen molar-refractivity contribution in [3.63, 3.8) is 0 Å². The number of aryl methyl sites for hydroxylation is 1. The van der Waals surface area contributed by atoms with Gasteiger partial charge in [-0.3, -0.25) is 38.8 Å². The smallest absolute Gasteiger partial charge is 0.260 e. The van der Waals surface area contributed by atoms with Crippen LogP contribution in [-0.4, -0.2) is 239 Å². The summed E-state index contributed by atoms with van der Waals surface area (Å²) in [5, 5.41) is 32.6. The Kier molecular flexibility index (Phi) is 34.0. The van der Waals surface area contributed by atoms with E-state index in [0.29, 0.717) is 218 Å². The Hall–Kier alpha value is -11.0. The van der Waals surface area contributed by atoms with Crippen LogP contribution in [0, 0.1) is 5.92 Å². The Morgan fingerprint density at radius 3 is 1.64 bits per heavy atom. The van der Waals surface area contributed by atoms with Gasteiger partial charge in [0.1, 0.15) is 23.6 Å². The summed E-state index contributed by atoms with van der Waals surface area (Å²) in [5.41, 5.74) is 7.14. The van der Waals surface area contributed by atoms with E-state index in [-0.39, 0.29) is 98.7 Å². The number of carbonyl (C=O) groups excluding carboxylic acids is 6. The summed E-state index contributed by atoms with van der Waals surface area (Å²) >= 11 is 0. The number of benzene rings is 5. The van der Waals surface area contributed by atoms with E-state index in [1.807, 2.05) is 79.2 Å².